The maximum Gasteiger partial charge on any atom is 0.0721 e. The molecule has 0 heterocycles. The summed E-state index contributed by atoms with van der Waals surface area (Å²) < 4.78 is 0. The fraction of sp³-hybridized carbons (Fsp3) is 0.318. The van der Waals surface area contributed by atoms with Gasteiger partial charge in [-0.25, -0.2) is 0 Å². The fourth-order valence-corrected chi connectivity index (χ4v) is 21.2. The highest BCUT2D eigenvalue weighted by Crippen LogP contribution is 2.64. The minimum Gasteiger partial charge on any atom is -0.0683 e. The molecule has 15 aromatic carbocycles. The van der Waals surface area contributed by atoms with Crippen LogP contribution in [0.5, 0.6) is 0 Å². The first-order chi connectivity index (χ1) is 64.6. The number of fused-ring (bicyclic) bond motifs is 27. The zero-order chi connectivity index (χ0) is 97.3. The van der Waals surface area contributed by atoms with Gasteiger partial charge in [-0.05, 0) is 273 Å². The van der Waals surface area contributed by atoms with E-state index in [9.17, 15) is 0 Å². The highest BCUT2D eigenvalue weighted by molar-refractivity contribution is 5.92. The average Bonchev–Trinajstić information content (AvgIpc) is 1.51. The summed E-state index contributed by atoms with van der Waals surface area (Å²) >= 11 is 0. The number of hydrogen-bond donors (Lipinski definition) is 0. The van der Waals surface area contributed by atoms with Crippen LogP contribution in [-0.2, 0) is 54.8 Å². The van der Waals surface area contributed by atoms with E-state index in [2.05, 4.69) is 372 Å². The van der Waals surface area contributed by atoms with Crippen molar-refractivity contribution >= 4 is 0 Å². The number of aryl methyl sites for hydroxylation is 9. The Kier molecular flexibility index (Phi) is 41.8. The van der Waals surface area contributed by atoms with Gasteiger partial charge in [-0.3, -0.25) is 0 Å². The summed E-state index contributed by atoms with van der Waals surface area (Å²) in [6.07, 6.45) is 5.83. The molecule has 0 saturated heterocycles. The summed E-state index contributed by atoms with van der Waals surface area (Å²) in [4.78, 5) is 0. The van der Waals surface area contributed by atoms with Crippen molar-refractivity contribution in [3.05, 3.63) is 493 Å². The first kappa shape index (κ1) is 107. The second kappa shape index (κ2) is 51.4. The van der Waals surface area contributed by atoms with Crippen LogP contribution in [0.25, 0.3) is 33.4 Å². The summed E-state index contributed by atoms with van der Waals surface area (Å²) in [6, 6.07) is 118. The van der Waals surface area contributed by atoms with Gasteiger partial charge in [0.25, 0.3) is 0 Å². The maximum atomic E-state index is 2.52. The number of hydrogen-bond acceptors (Lipinski definition) is 0. The molecule has 0 radical (unpaired) electrons. The molecule has 0 nitrogen and oxygen atoms in total. The molecule has 690 valence electrons. The standard InChI is InChI=1S/3C36H30.12C2H6/c1-23-17-24(2)19-27(18-23)20-26-15-16-30-31-12-8-9-25(3)35(31)36(34(30)21-26)32-13-6-4-10-28(32)22-29-11-5-7-14-33(29)36;1-23-12-15-34-31(19-23)30-14-13-26(20-27-17-24(2)16-25(3)18-27)21-35(30)36(34)32-10-6-4-8-28(32)22-29-9-5-7-11-33(29)36;1-23-12-14-30-31-15-13-26(20-27-17-24(2)16-25(3)18-27)21-35(31)36(34(30)19-23)32-10-6-4-8-28(32)22-29-9-5-7-11-33(29)36;12*1-2/h3*4-19,21H,20,22H2,1-3H3;12*1-2H3. The van der Waals surface area contributed by atoms with Gasteiger partial charge in [-0.2, -0.15) is 0 Å². The van der Waals surface area contributed by atoms with Gasteiger partial charge >= 0.3 is 0 Å². The Hall–Kier alpha value is -11.7. The molecular weight excluding hydrogens is 1590 g/mol. The van der Waals surface area contributed by atoms with Crippen LogP contribution in [-0.4, -0.2) is 0 Å². The van der Waals surface area contributed by atoms with Crippen LogP contribution in [0, 0.1) is 62.3 Å². The fourth-order valence-electron chi connectivity index (χ4n) is 21.2. The SMILES string of the molecule is CC.CC.CC.CC.CC.CC.CC.CC.CC.CC.CC.CC.Cc1cc(C)cc(Cc2ccc3c(c2)C2(c4ccccc4Cc4ccccc42)c2c(C)cccc2-3)c1.Cc1cc(C)cc(Cc2ccc3c(c2)C2(c4ccccc4Cc4ccccc42)c2cc(C)ccc2-3)c1.Cc1cc(C)cc(Cc2ccc3c(c2)C2(c4ccccc4Cc4ccccc42)c2ccc(C)cc2-3)c1. The zero-order valence-electron chi connectivity index (χ0n) is 87.7. The second-order valence-corrected chi connectivity index (χ2v) is 32.5. The largest absolute Gasteiger partial charge is 0.0721 e. The van der Waals surface area contributed by atoms with Gasteiger partial charge in [0.15, 0.2) is 0 Å². The predicted molar refractivity (Wildman–Crippen MR) is 586 cm³/mol. The molecule has 0 amide bonds. The molecule has 0 saturated carbocycles. The third-order valence-electron chi connectivity index (χ3n) is 24.9. The van der Waals surface area contributed by atoms with Crippen molar-refractivity contribution in [2.75, 3.05) is 0 Å². The molecule has 0 atom stereocenters. The van der Waals surface area contributed by atoms with Gasteiger partial charge in [0.05, 0.1) is 16.2 Å². The van der Waals surface area contributed by atoms with Crippen molar-refractivity contribution in [2.45, 2.75) is 283 Å². The molecule has 0 N–H and O–H groups in total. The van der Waals surface area contributed by atoms with Crippen molar-refractivity contribution in [1.29, 1.82) is 0 Å². The normalized spacial score (nSPS) is 12.2. The summed E-state index contributed by atoms with van der Waals surface area (Å²) in [5, 5.41) is 0. The van der Waals surface area contributed by atoms with E-state index in [1.807, 2.05) is 166 Å². The monoisotopic (exact) mass is 1750 g/mol. The molecule has 6 aliphatic carbocycles. The van der Waals surface area contributed by atoms with Crippen molar-refractivity contribution in [3.8, 4) is 33.4 Å². The van der Waals surface area contributed by atoms with Gasteiger partial charge in [-0.1, -0.05) is 520 Å². The molecule has 0 unspecified atom stereocenters. The predicted octanol–water partition coefficient (Wildman–Crippen LogP) is 37.7. The topological polar surface area (TPSA) is 0 Å². The van der Waals surface area contributed by atoms with E-state index in [4.69, 9.17) is 0 Å². The lowest BCUT2D eigenvalue weighted by Crippen LogP contribution is -2.34. The molecule has 15 aromatic rings. The Labute approximate surface area is 804 Å². The van der Waals surface area contributed by atoms with Gasteiger partial charge in [0, 0.05) is 0 Å². The highest BCUT2D eigenvalue weighted by atomic mass is 14.5. The Bertz CT molecular complexity index is 5990. The third kappa shape index (κ3) is 21.2. The second-order valence-electron chi connectivity index (χ2n) is 32.5. The minimum atomic E-state index is -0.278. The van der Waals surface area contributed by atoms with E-state index in [-0.39, 0.29) is 16.2 Å². The van der Waals surface area contributed by atoms with E-state index < -0.39 is 0 Å². The molecule has 0 aliphatic heterocycles. The maximum absolute atomic E-state index is 2.52. The van der Waals surface area contributed by atoms with Crippen LogP contribution in [0.4, 0.5) is 0 Å². The lowest BCUT2D eigenvalue weighted by Gasteiger charge is -2.41. The van der Waals surface area contributed by atoms with E-state index in [0.717, 1.165) is 38.5 Å². The molecule has 0 aromatic heterocycles. The number of rotatable bonds is 6. The van der Waals surface area contributed by atoms with Crippen LogP contribution >= 0.6 is 0 Å². The molecule has 6 aliphatic rings. The third-order valence-corrected chi connectivity index (χ3v) is 24.9. The average molecular weight is 1750 g/mol. The molecule has 0 bridgehead atoms. The van der Waals surface area contributed by atoms with Crippen LogP contribution in [0.2, 0.25) is 0 Å². The quantitative estimate of drug-likeness (QED) is 0.156. The molecule has 21 rings (SSSR count). The summed E-state index contributed by atoms with van der Waals surface area (Å²) in [5.41, 5.74) is 53.7. The lowest BCUT2D eigenvalue weighted by molar-refractivity contribution is 0.716. The van der Waals surface area contributed by atoms with Crippen molar-refractivity contribution in [3.63, 3.8) is 0 Å². The van der Waals surface area contributed by atoms with Crippen molar-refractivity contribution < 1.29 is 0 Å². The summed E-state index contributed by atoms with van der Waals surface area (Å²) in [6.45, 7) is 67.9. The number of benzene rings is 15. The molecule has 132 heavy (non-hydrogen) atoms. The van der Waals surface area contributed by atoms with E-state index in [1.54, 1.807) is 0 Å². The molecule has 0 fully saturated rings. The van der Waals surface area contributed by atoms with Crippen molar-refractivity contribution in [1.82, 2.24) is 0 Å². The van der Waals surface area contributed by atoms with E-state index in [1.165, 1.54) is 217 Å². The molecule has 3 spiro atoms. The Morgan fingerprint density at radius 1 is 0.159 bits per heavy atom. The molecular formula is C132H162. The van der Waals surface area contributed by atoms with Crippen LogP contribution < -0.4 is 0 Å². The van der Waals surface area contributed by atoms with Gasteiger partial charge in [-0.15, -0.1) is 0 Å². The van der Waals surface area contributed by atoms with Gasteiger partial charge in [0.1, 0.15) is 0 Å². The minimum absolute atomic E-state index is 0.275. The van der Waals surface area contributed by atoms with Gasteiger partial charge < -0.3 is 0 Å². The zero-order valence-corrected chi connectivity index (χ0v) is 87.7. The first-order valence-corrected chi connectivity index (χ1v) is 51.1. The van der Waals surface area contributed by atoms with E-state index in [0.29, 0.717) is 0 Å². The Morgan fingerprint density at radius 3 is 0.720 bits per heavy atom. The van der Waals surface area contributed by atoms with Crippen LogP contribution in [0.3, 0.4) is 0 Å². The lowest BCUT2D eigenvalue weighted by atomic mass is 9.61. The Balaban J connectivity index is 0.000000242. The van der Waals surface area contributed by atoms with E-state index >= 15 is 0 Å². The smallest absolute Gasteiger partial charge is 0.0683 e. The first-order valence-electron chi connectivity index (χ1n) is 51.1. The Morgan fingerprint density at radius 2 is 0.402 bits per heavy atom. The summed E-state index contributed by atoms with van der Waals surface area (Å²) in [5.74, 6) is 0. The van der Waals surface area contributed by atoms with Crippen LogP contribution in [0.15, 0.2) is 309 Å². The highest BCUT2D eigenvalue weighted by Gasteiger charge is 2.53. The summed E-state index contributed by atoms with van der Waals surface area (Å²) in [7, 11) is 0. The molecule has 0 heteroatoms. The van der Waals surface area contributed by atoms with Crippen LogP contribution in [0.1, 0.15) is 350 Å². The van der Waals surface area contributed by atoms with Crippen molar-refractivity contribution in [2.24, 2.45) is 0 Å². The van der Waals surface area contributed by atoms with Gasteiger partial charge in [0.2, 0.25) is 0 Å².